The first-order valence-corrected chi connectivity index (χ1v) is 11.6. The summed E-state index contributed by atoms with van der Waals surface area (Å²) in [5.74, 6) is 1.24. The molecule has 1 spiro atoms. The summed E-state index contributed by atoms with van der Waals surface area (Å²) in [5, 5.41) is 21.9. The molecule has 2 saturated heterocycles. The van der Waals surface area contributed by atoms with Crippen LogP contribution in [-0.4, -0.2) is 53.1 Å². The molecule has 0 aromatic carbocycles. The number of ether oxygens (including phenoxy) is 3. The predicted molar refractivity (Wildman–Crippen MR) is 102 cm³/mol. The molecule has 0 radical (unpaired) electrons. The lowest BCUT2D eigenvalue weighted by Crippen LogP contribution is -2.63. The van der Waals surface area contributed by atoms with E-state index < -0.39 is 5.79 Å². The van der Waals surface area contributed by atoms with E-state index in [1.165, 1.54) is 6.42 Å². The number of hydrogen-bond donors (Lipinski definition) is 2. The number of epoxide rings is 1. The third-order valence-corrected chi connectivity index (χ3v) is 10.5. The Morgan fingerprint density at radius 3 is 2.43 bits per heavy atom. The number of hydrogen-bond acceptors (Lipinski definition) is 5. The fourth-order valence-corrected chi connectivity index (χ4v) is 9.37. The topological polar surface area (TPSA) is 71.5 Å². The molecule has 4 saturated carbocycles. The van der Waals surface area contributed by atoms with Gasteiger partial charge in [0, 0.05) is 17.8 Å². The summed E-state index contributed by atoms with van der Waals surface area (Å²) in [5.41, 5.74) is -0.135. The fourth-order valence-electron chi connectivity index (χ4n) is 9.37. The molecule has 5 nitrogen and oxygen atoms in total. The first-order chi connectivity index (χ1) is 13.2. The second kappa shape index (κ2) is 5.53. The average Bonchev–Trinajstić information content (AvgIpc) is 2.95. The number of rotatable bonds is 1. The zero-order valence-electron chi connectivity index (χ0n) is 17.5. The van der Waals surface area contributed by atoms with E-state index in [2.05, 4.69) is 20.8 Å². The van der Waals surface area contributed by atoms with Crippen LogP contribution in [-0.2, 0) is 14.2 Å². The smallest absolute Gasteiger partial charge is 0.169 e. The molecule has 28 heavy (non-hydrogen) atoms. The van der Waals surface area contributed by atoms with Crippen LogP contribution in [0.25, 0.3) is 0 Å². The molecule has 4 aliphatic carbocycles. The van der Waals surface area contributed by atoms with Crippen molar-refractivity contribution >= 4 is 0 Å². The third kappa shape index (κ3) is 2.06. The van der Waals surface area contributed by atoms with E-state index in [0.29, 0.717) is 31.0 Å². The lowest BCUT2D eigenvalue weighted by Gasteiger charge is -2.61. The Morgan fingerprint density at radius 2 is 1.68 bits per heavy atom. The molecule has 0 bridgehead atoms. The van der Waals surface area contributed by atoms with Gasteiger partial charge in [0.05, 0.1) is 31.5 Å². The highest BCUT2D eigenvalue weighted by Gasteiger charge is 2.77. The van der Waals surface area contributed by atoms with Crippen LogP contribution in [0, 0.1) is 34.5 Å². The van der Waals surface area contributed by atoms with Gasteiger partial charge in [0.2, 0.25) is 0 Å². The first kappa shape index (κ1) is 18.6. The second-order valence-electron chi connectivity index (χ2n) is 11.5. The molecule has 0 aromatic rings. The Balaban J connectivity index is 1.36. The van der Waals surface area contributed by atoms with Crippen LogP contribution in [0.1, 0.15) is 65.7 Å². The van der Waals surface area contributed by atoms with Gasteiger partial charge in [-0.1, -0.05) is 13.8 Å². The van der Waals surface area contributed by atoms with E-state index in [9.17, 15) is 10.2 Å². The van der Waals surface area contributed by atoms with Crippen molar-refractivity contribution in [1.82, 2.24) is 0 Å². The van der Waals surface area contributed by atoms with Crippen LogP contribution in [0.15, 0.2) is 0 Å². The van der Waals surface area contributed by atoms with Crippen molar-refractivity contribution in [3.05, 3.63) is 0 Å². The van der Waals surface area contributed by atoms with Crippen molar-refractivity contribution in [2.24, 2.45) is 34.5 Å². The van der Waals surface area contributed by atoms with Crippen LogP contribution in [0.5, 0.6) is 0 Å². The number of aliphatic hydroxyl groups excluding tert-OH is 2. The number of fused-ring (bicyclic) bond motifs is 4. The van der Waals surface area contributed by atoms with E-state index in [4.69, 9.17) is 14.2 Å². The zero-order chi connectivity index (χ0) is 19.5. The van der Waals surface area contributed by atoms with Crippen LogP contribution in [0.4, 0.5) is 0 Å². The molecule has 158 valence electrons. The van der Waals surface area contributed by atoms with Crippen molar-refractivity contribution in [3.8, 4) is 0 Å². The van der Waals surface area contributed by atoms with Gasteiger partial charge >= 0.3 is 0 Å². The maximum Gasteiger partial charge on any atom is 0.169 e. The number of aliphatic hydroxyl groups is 2. The Kier molecular flexibility index (Phi) is 3.67. The van der Waals surface area contributed by atoms with Crippen LogP contribution in [0.3, 0.4) is 0 Å². The summed E-state index contributed by atoms with van der Waals surface area (Å²) in [6.45, 7) is 8.24. The summed E-state index contributed by atoms with van der Waals surface area (Å²) >= 11 is 0. The van der Waals surface area contributed by atoms with Crippen LogP contribution < -0.4 is 0 Å². The minimum absolute atomic E-state index is 0.0110. The molecule has 6 fully saturated rings. The summed E-state index contributed by atoms with van der Waals surface area (Å²) < 4.78 is 18.6. The Hall–Kier alpha value is -0.200. The maximum absolute atomic E-state index is 11.6. The first-order valence-electron chi connectivity index (χ1n) is 11.6. The van der Waals surface area contributed by atoms with Gasteiger partial charge < -0.3 is 24.4 Å². The van der Waals surface area contributed by atoms with Gasteiger partial charge in [0.15, 0.2) is 5.79 Å². The van der Waals surface area contributed by atoms with Gasteiger partial charge in [0.1, 0.15) is 5.60 Å². The lowest BCUT2D eigenvalue weighted by molar-refractivity contribution is -0.229. The molecule has 10 atom stereocenters. The highest BCUT2D eigenvalue weighted by atomic mass is 16.7. The van der Waals surface area contributed by atoms with Gasteiger partial charge in [0.25, 0.3) is 0 Å². The SMILES string of the molecule is CC1([C@H]2CCC3C4CC5OC56C[C@@H](O)CC[C@]6(C)C4C(O)C[C@@]32C)OCCO1. The third-order valence-electron chi connectivity index (χ3n) is 10.5. The van der Waals surface area contributed by atoms with E-state index in [-0.39, 0.29) is 40.7 Å². The minimum atomic E-state index is -0.497. The summed E-state index contributed by atoms with van der Waals surface area (Å²) in [6.07, 6.45) is 6.52. The van der Waals surface area contributed by atoms with E-state index in [1.807, 2.05) is 0 Å². The average molecular weight is 393 g/mol. The van der Waals surface area contributed by atoms with Gasteiger partial charge in [-0.15, -0.1) is 0 Å². The molecular formula is C23H36O5. The molecule has 6 rings (SSSR count). The van der Waals surface area contributed by atoms with Crippen LogP contribution >= 0.6 is 0 Å². The molecule has 0 amide bonds. The standard InChI is InChI=1S/C23H36O5/c1-20-12-16(25)19-14(15(20)4-5-17(20)22(3)26-8-9-27-22)10-18-23(28-18)11-13(24)6-7-21(19,23)2/h13-19,24-25H,4-12H2,1-3H3/t13-,14?,15?,16?,17-,18?,19?,20-,21+,23?/m0/s1. The molecule has 6 aliphatic rings. The molecule has 2 aliphatic heterocycles. The molecule has 2 heterocycles. The van der Waals surface area contributed by atoms with E-state index in [0.717, 1.165) is 38.5 Å². The van der Waals surface area contributed by atoms with Crippen molar-refractivity contribution in [1.29, 1.82) is 0 Å². The monoisotopic (exact) mass is 392 g/mol. The van der Waals surface area contributed by atoms with E-state index >= 15 is 0 Å². The maximum atomic E-state index is 11.6. The largest absolute Gasteiger partial charge is 0.393 e. The van der Waals surface area contributed by atoms with Crippen LogP contribution in [0.2, 0.25) is 0 Å². The summed E-state index contributed by atoms with van der Waals surface area (Å²) in [4.78, 5) is 0. The zero-order valence-corrected chi connectivity index (χ0v) is 17.5. The Labute approximate surface area is 168 Å². The highest BCUT2D eigenvalue weighted by Crippen LogP contribution is 2.74. The quantitative estimate of drug-likeness (QED) is 0.672. The summed E-state index contributed by atoms with van der Waals surface area (Å²) in [6, 6.07) is 0. The predicted octanol–water partition coefficient (Wildman–Crippen LogP) is 2.87. The molecule has 2 N–H and O–H groups in total. The molecular weight excluding hydrogens is 356 g/mol. The minimum Gasteiger partial charge on any atom is -0.393 e. The second-order valence-corrected chi connectivity index (χ2v) is 11.5. The van der Waals surface area contributed by atoms with Crippen molar-refractivity contribution in [2.45, 2.75) is 95.4 Å². The van der Waals surface area contributed by atoms with Gasteiger partial charge in [-0.25, -0.2) is 0 Å². The lowest BCUT2D eigenvalue weighted by atomic mass is 9.43. The van der Waals surface area contributed by atoms with Crippen molar-refractivity contribution in [2.75, 3.05) is 13.2 Å². The van der Waals surface area contributed by atoms with Crippen molar-refractivity contribution in [3.63, 3.8) is 0 Å². The van der Waals surface area contributed by atoms with Gasteiger partial charge in [-0.2, -0.15) is 0 Å². The fraction of sp³-hybridized carbons (Fsp3) is 1.00. The molecule has 5 heteroatoms. The normalized spacial score (nSPS) is 61.8. The van der Waals surface area contributed by atoms with Gasteiger partial charge in [-0.05, 0) is 68.6 Å². The molecule has 0 aromatic heterocycles. The molecule has 6 unspecified atom stereocenters. The Bertz CT molecular complexity index is 676. The Morgan fingerprint density at radius 1 is 0.929 bits per heavy atom. The van der Waals surface area contributed by atoms with Gasteiger partial charge in [-0.3, -0.25) is 0 Å². The van der Waals surface area contributed by atoms with Crippen molar-refractivity contribution < 1.29 is 24.4 Å². The van der Waals surface area contributed by atoms with E-state index in [1.54, 1.807) is 0 Å². The summed E-state index contributed by atoms with van der Waals surface area (Å²) in [7, 11) is 0. The highest BCUT2D eigenvalue weighted by molar-refractivity contribution is 5.25.